The fraction of sp³-hybridized carbons (Fsp3) is 0.227. The summed E-state index contributed by atoms with van der Waals surface area (Å²) in [5.74, 6) is 1.17. The molecule has 0 spiro atoms. The first-order chi connectivity index (χ1) is 14.9. The molecule has 0 saturated carbocycles. The second kappa shape index (κ2) is 10.2. The van der Waals surface area contributed by atoms with E-state index in [1.54, 1.807) is 18.2 Å². The zero-order valence-corrected chi connectivity index (χ0v) is 18.0. The molecule has 0 unspecified atom stereocenters. The molecule has 31 heavy (non-hydrogen) atoms. The van der Waals surface area contributed by atoms with E-state index in [9.17, 15) is 12.8 Å². The van der Waals surface area contributed by atoms with Gasteiger partial charge >= 0.3 is 0 Å². The molecule has 3 aromatic rings. The molecule has 0 fully saturated rings. The molecule has 2 aromatic carbocycles. The van der Waals surface area contributed by atoms with Crippen LogP contribution in [0.4, 0.5) is 4.39 Å². The van der Waals surface area contributed by atoms with Gasteiger partial charge in [0.2, 0.25) is 15.9 Å². The van der Waals surface area contributed by atoms with Crippen molar-refractivity contribution in [2.45, 2.75) is 25.3 Å². The van der Waals surface area contributed by atoms with Gasteiger partial charge in [0.05, 0.1) is 18.1 Å². The number of pyridine rings is 1. The number of rotatable bonds is 10. The standard InChI is InChI=1S/C22H23FN2O5S/c1-3-28-20-10-9-19(14-21(20)29-4-2)31(26,27)25-15-16-11-12-24-22(13-16)30-18-7-5-17(23)6-8-18/h5-14,25H,3-4,15H2,1-2H3. The lowest BCUT2D eigenvalue weighted by Gasteiger charge is -2.13. The molecule has 0 amide bonds. The van der Waals surface area contributed by atoms with E-state index in [-0.39, 0.29) is 23.1 Å². The van der Waals surface area contributed by atoms with E-state index in [1.807, 2.05) is 13.8 Å². The van der Waals surface area contributed by atoms with Gasteiger partial charge in [0.1, 0.15) is 11.6 Å². The Morgan fingerprint density at radius 1 is 0.935 bits per heavy atom. The number of halogens is 1. The third-order valence-electron chi connectivity index (χ3n) is 4.13. The van der Waals surface area contributed by atoms with E-state index in [0.29, 0.717) is 36.0 Å². The van der Waals surface area contributed by atoms with E-state index >= 15 is 0 Å². The Hall–Kier alpha value is -3.17. The fourth-order valence-electron chi connectivity index (χ4n) is 2.70. The summed E-state index contributed by atoms with van der Waals surface area (Å²) in [6, 6.07) is 13.3. The Bertz CT molecular complexity index is 1120. The molecule has 1 heterocycles. The molecular weight excluding hydrogens is 423 g/mol. The van der Waals surface area contributed by atoms with Crippen molar-refractivity contribution in [3.8, 4) is 23.1 Å². The molecule has 1 aromatic heterocycles. The summed E-state index contributed by atoms with van der Waals surface area (Å²) in [5.41, 5.74) is 0.645. The lowest BCUT2D eigenvalue weighted by molar-refractivity contribution is 0.287. The summed E-state index contributed by atoms with van der Waals surface area (Å²) in [6.07, 6.45) is 1.51. The number of ether oxygens (including phenoxy) is 3. The number of nitrogens with one attached hydrogen (secondary N) is 1. The maximum atomic E-state index is 13.0. The highest BCUT2D eigenvalue weighted by Crippen LogP contribution is 2.30. The van der Waals surface area contributed by atoms with Gasteiger partial charge in [-0.15, -0.1) is 0 Å². The lowest BCUT2D eigenvalue weighted by atomic mass is 10.3. The Labute approximate surface area is 180 Å². The van der Waals surface area contributed by atoms with Gasteiger partial charge in [-0.2, -0.15) is 0 Å². The first kappa shape index (κ1) is 22.5. The number of hydrogen-bond donors (Lipinski definition) is 1. The minimum atomic E-state index is -3.80. The quantitative estimate of drug-likeness (QED) is 0.500. The van der Waals surface area contributed by atoms with E-state index in [2.05, 4.69) is 9.71 Å². The Kier molecular flexibility index (Phi) is 7.43. The summed E-state index contributed by atoms with van der Waals surface area (Å²) < 4.78 is 57.6. The van der Waals surface area contributed by atoms with Crippen LogP contribution in [0.25, 0.3) is 0 Å². The molecule has 0 saturated heterocycles. The van der Waals surface area contributed by atoms with Gasteiger partial charge in [-0.25, -0.2) is 22.5 Å². The molecule has 0 aliphatic heterocycles. The van der Waals surface area contributed by atoms with Crippen molar-refractivity contribution in [2.75, 3.05) is 13.2 Å². The van der Waals surface area contributed by atoms with Crippen molar-refractivity contribution in [3.05, 3.63) is 72.2 Å². The van der Waals surface area contributed by atoms with Crippen LogP contribution < -0.4 is 18.9 Å². The fourth-order valence-corrected chi connectivity index (χ4v) is 3.73. The Morgan fingerprint density at radius 2 is 1.65 bits per heavy atom. The number of benzene rings is 2. The SMILES string of the molecule is CCOc1ccc(S(=O)(=O)NCc2ccnc(Oc3ccc(F)cc3)c2)cc1OCC. The van der Waals surface area contributed by atoms with Crippen LogP contribution in [0, 0.1) is 5.82 Å². The van der Waals surface area contributed by atoms with Crippen LogP contribution in [0.5, 0.6) is 23.1 Å². The van der Waals surface area contributed by atoms with Crippen molar-refractivity contribution in [2.24, 2.45) is 0 Å². The minimum Gasteiger partial charge on any atom is -0.490 e. The van der Waals surface area contributed by atoms with Crippen LogP contribution in [-0.2, 0) is 16.6 Å². The average molecular weight is 447 g/mol. The molecule has 0 aliphatic carbocycles. The molecule has 1 N–H and O–H groups in total. The summed E-state index contributed by atoms with van der Waals surface area (Å²) in [6.45, 7) is 4.50. The van der Waals surface area contributed by atoms with Gasteiger partial charge in [-0.1, -0.05) is 0 Å². The second-order valence-corrected chi connectivity index (χ2v) is 8.12. The first-order valence-electron chi connectivity index (χ1n) is 9.69. The average Bonchev–Trinajstić information content (AvgIpc) is 2.76. The molecule has 0 radical (unpaired) electrons. The zero-order valence-electron chi connectivity index (χ0n) is 17.2. The maximum Gasteiger partial charge on any atom is 0.241 e. The van der Waals surface area contributed by atoms with Crippen LogP contribution in [0.1, 0.15) is 19.4 Å². The van der Waals surface area contributed by atoms with Gasteiger partial charge in [0.15, 0.2) is 11.5 Å². The number of sulfonamides is 1. The highest BCUT2D eigenvalue weighted by Gasteiger charge is 2.17. The smallest absolute Gasteiger partial charge is 0.241 e. The third kappa shape index (κ3) is 6.16. The normalized spacial score (nSPS) is 11.2. The van der Waals surface area contributed by atoms with Crippen molar-refractivity contribution >= 4 is 10.0 Å². The largest absolute Gasteiger partial charge is 0.490 e. The van der Waals surface area contributed by atoms with Crippen LogP contribution in [0.3, 0.4) is 0 Å². The molecular formula is C22H23FN2O5S. The van der Waals surface area contributed by atoms with Crippen LogP contribution in [0.2, 0.25) is 0 Å². The highest BCUT2D eigenvalue weighted by atomic mass is 32.2. The number of nitrogens with zero attached hydrogens (tertiary/aromatic N) is 1. The first-order valence-corrected chi connectivity index (χ1v) is 11.2. The van der Waals surface area contributed by atoms with Crippen LogP contribution >= 0.6 is 0 Å². The van der Waals surface area contributed by atoms with Crippen molar-refractivity contribution in [1.29, 1.82) is 0 Å². The summed E-state index contributed by atoms with van der Waals surface area (Å²) in [7, 11) is -3.80. The van der Waals surface area contributed by atoms with Gasteiger partial charge in [-0.3, -0.25) is 0 Å². The van der Waals surface area contributed by atoms with Crippen LogP contribution in [-0.4, -0.2) is 26.6 Å². The number of aromatic nitrogens is 1. The van der Waals surface area contributed by atoms with E-state index < -0.39 is 10.0 Å². The molecule has 7 nitrogen and oxygen atoms in total. The molecule has 0 aliphatic rings. The van der Waals surface area contributed by atoms with E-state index in [0.717, 1.165) is 0 Å². The Balaban J connectivity index is 1.71. The predicted molar refractivity (Wildman–Crippen MR) is 114 cm³/mol. The Morgan fingerprint density at radius 3 is 2.35 bits per heavy atom. The molecule has 164 valence electrons. The van der Waals surface area contributed by atoms with Gasteiger partial charge in [-0.05, 0) is 61.9 Å². The number of hydrogen-bond acceptors (Lipinski definition) is 6. The van der Waals surface area contributed by atoms with Crippen molar-refractivity contribution < 1.29 is 27.0 Å². The van der Waals surface area contributed by atoms with Crippen molar-refractivity contribution in [1.82, 2.24) is 9.71 Å². The highest BCUT2D eigenvalue weighted by molar-refractivity contribution is 7.89. The molecule has 0 atom stereocenters. The minimum absolute atomic E-state index is 0.0296. The van der Waals surface area contributed by atoms with Gasteiger partial charge in [0, 0.05) is 24.9 Å². The van der Waals surface area contributed by atoms with Crippen LogP contribution in [0.15, 0.2) is 65.7 Å². The zero-order chi connectivity index (χ0) is 22.3. The lowest BCUT2D eigenvalue weighted by Crippen LogP contribution is -2.23. The van der Waals surface area contributed by atoms with E-state index in [1.165, 1.54) is 42.6 Å². The molecule has 9 heteroatoms. The summed E-state index contributed by atoms with van der Waals surface area (Å²) >= 11 is 0. The van der Waals surface area contributed by atoms with E-state index in [4.69, 9.17) is 14.2 Å². The maximum absolute atomic E-state index is 13.0. The predicted octanol–water partition coefficient (Wildman–Crippen LogP) is 4.29. The molecule has 3 rings (SSSR count). The second-order valence-electron chi connectivity index (χ2n) is 6.36. The molecule has 0 bridgehead atoms. The summed E-state index contributed by atoms with van der Waals surface area (Å²) in [5, 5.41) is 0. The summed E-state index contributed by atoms with van der Waals surface area (Å²) in [4.78, 5) is 4.16. The third-order valence-corrected chi connectivity index (χ3v) is 5.53. The monoisotopic (exact) mass is 446 g/mol. The van der Waals surface area contributed by atoms with Gasteiger partial charge < -0.3 is 14.2 Å². The van der Waals surface area contributed by atoms with Crippen molar-refractivity contribution in [3.63, 3.8) is 0 Å². The topological polar surface area (TPSA) is 86.8 Å². The van der Waals surface area contributed by atoms with Gasteiger partial charge in [0.25, 0.3) is 0 Å².